The van der Waals surface area contributed by atoms with Crippen LogP contribution in [-0.2, 0) is 84.5 Å². The summed E-state index contributed by atoms with van der Waals surface area (Å²) in [6.07, 6.45) is 0. The summed E-state index contributed by atoms with van der Waals surface area (Å²) in [4.78, 5) is 0. The van der Waals surface area contributed by atoms with Crippen LogP contribution in [0, 0.1) is 0 Å². The second-order valence-electron chi connectivity index (χ2n) is 0. The van der Waals surface area contributed by atoms with Crippen molar-refractivity contribution in [3.8, 4) is 0 Å². The molecule has 0 rings (SSSR count). The summed E-state index contributed by atoms with van der Waals surface area (Å²) in [7, 11) is 0. The van der Waals surface area contributed by atoms with Crippen molar-refractivity contribution in [1.82, 2.24) is 0 Å². The SMILES string of the molecule is [Cr].[Nb].[V].[Zr]. The van der Waals surface area contributed by atoms with E-state index < -0.39 is 0 Å². The van der Waals surface area contributed by atoms with Crippen molar-refractivity contribution < 1.29 is 84.5 Å². The largest absolute Gasteiger partial charge is 0 e. The first-order chi connectivity index (χ1) is 0. The Hall–Kier alpha value is 2.74. The molecule has 0 spiro atoms. The van der Waals surface area contributed by atoms with E-state index in [-0.39, 0.29) is 84.5 Å². The van der Waals surface area contributed by atoms with Crippen LogP contribution >= 0.6 is 0 Å². The van der Waals surface area contributed by atoms with Crippen molar-refractivity contribution >= 4 is 0 Å². The summed E-state index contributed by atoms with van der Waals surface area (Å²) in [6, 6.07) is 0. The maximum atomic E-state index is 0. The zero-order chi connectivity index (χ0) is 0. The van der Waals surface area contributed by atoms with Crippen molar-refractivity contribution in [1.29, 1.82) is 0 Å². The fraction of sp³-hybridized carbons (Fsp3) is 0. The Labute approximate surface area is 83.1 Å². The summed E-state index contributed by atoms with van der Waals surface area (Å²) >= 11 is 0. The fourth-order valence-electron chi connectivity index (χ4n) is 0. The fourth-order valence-corrected chi connectivity index (χ4v) is 0. The summed E-state index contributed by atoms with van der Waals surface area (Å²) in [5.74, 6) is 0. The molecule has 0 saturated carbocycles. The Kier molecular flexibility index (Phi) is 127. The van der Waals surface area contributed by atoms with Crippen LogP contribution in [-0.4, -0.2) is 0 Å². The molecular weight excluding hydrogens is 287 g/mol. The topological polar surface area (TPSA) is 0 Å². The standard InChI is InChI=1S/Cr.Nb.V.Zr. The van der Waals surface area contributed by atoms with Crippen LogP contribution in [0.2, 0.25) is 0 Å². The third kappa shape index (κ3) is 8.83. The molecule has 0 atom stereocenters. The average molecular weight is 287 g/mol. The predicted octanol–water partition coefficient (Wildman–Crippen LogP) is -0.0100. The zero-order valence-electron chi connectivity index (χ0n) is 1.80. The van der Waals surface area contributed by atoms with Gasteiger partial charge in [-0.25, -0.2) is 0 Å². The van der Waals surface area contributed by atoms with Crippen molar-refractivity contribution in [2.45, 2.75) is 0 Å². The van der Waals surface area contributed by atoms with Gasteiger partial charge in [-0.1, -0.05) is 0 Å². The molecule has 0 aliphatic rings. The molecule has 0 aliphatic heterocycles. The van der Waals surface area contributed by atoms with E-state index in [0.29, 0.717) is 0 Å². The van der Waals surface area contributed by atoms with Gasteiger partial charge in [-0.05, 0) is 0 Å². The summed E-state index contributed by atoms with van der Waals surface area (Å²) in [6.45, 7) is 0. The first kappa shape index (κ1) is 29.6. The van der Waals surface area contributed by atoms with Crippen molar-refractivity contribution in [3.05, 3.63) is 0 Å². The molecule has 20 valence electrons. The Bertz CT molecular complexity index is 8.00. The van der Waals surface area contributed by atoms with Gasteiger partial charge in [0, 0.05) is 84.5 Å². The summed E-state index contributed by atoms with van der Waals surface area (Å²) in [5.41, 5.74) is 0. The van der Waals surface area contributed by atoms with Crippen LogP contribution in [0.25, 0.3) is 0 Å². The Morgan fingerprint density at radius 2 is 1.00 bits per heavy atom. The number of rotatable bonds is 0. The van der Waals surface area contributed by atoms with Crippen LogP contribution in [0.5, 0.6) is 0 Å². The molecular formula is CrNbVZr. The van der Waals surface area contributed by atoms with Crippen LogP contribution in [0.15, 0.2) is 0 Å². The monoisotopic (exact) mass is 286 g/mol. The molecule has 0 bridgehead atoms. The van der Waals surface area contributed by atoms with E-state index >= 15 is 0 Å². The molecule has 0 amide bonds. The molecule has 0 fully saturated rings. The maximum Gasteiger partial charge on any atom is 0 e. The molecule has 0 unspecified atom stereocenters. The summed E-state index contributed by atoms with van der Waals surface area (Å²) < 4.78 is 0. The van der Waals surface area contributed by atoms with Gasteiger partial charge in [0.05, 0.1) is 0 Å². The molecule has 0 aromatic heterocycles. The van der Waals surface area contributed by atoms with Crippen LogP contribution in [0.3, 0.4) is 0 Å². The van der Waals surface area contributed by atoms with Gasteiger partial charge in [-0.2, -0.15) is 0 Å². The second kappa shape index (κ2) is 17.2. The van der Waals surface area contributed by atoms with E-state index in [1.807, 2.05) is 0 Å². The molecule has 0 saturated heterocycles. The Morgan fingerprint density at radius 3 is 1.00 bits per heavy atom. The van der Waals surface area contributed by atoms with Crippen LogP contribution < -0.4 is 0 Å². The molecule has 2 radical (unpaired) electrons. The molecule has 0 aromatic rings. The van der Waals surface area contributed by atoms with Crippen molar-refractivity contribution in [2.24, 2.45) is 0 Å². The third-order valence-corrected chi connectivity index (χ3v) is 0. The number of hydrogen-bond donors (Lipinski definition) is 0. The van der Waals surface area contributed by atoms with Crippen LogP contribution in [0.1, 0.15) is 0 Å². The predicted molar refractivity (Wildman–Crippen MR) is 0 cm³/mol. The first-order valence-corrected chi connectivity index (χ1v) is 0. The van der Waals surface area contributed by atoms with E-state index in [4.69, 9.17) is 0 Å². The zero-order valence-corrected chi connectivity index (χ0v) is 9.13. The third-order valence-electron chi connectivity index (χ3n) is 0. The molecule has 0 nitrogen and oxygen atoms in total. The minimum Gasteiger partial charge on any atom is 0 e. The van der Waals surface area contributed by atoms with Gasteiger partial charge >= 0.3 is 0 Å². The number of hydrogen-bond acceptors (Lipinski definition) is 0. The van der Waals surface area contributed by atoms with Crippen molar-refractivity contribution in [3.63, 3.8) is 0 Å². The Morgan fingerprint density at radius 1 is 1.00 bits per heavy atom. The quantitative estimate of drug-likeness (QED) is 0.550. The molecule has 4 heteroatoms. The van der Waals surface area contributed by atoms with Gasteiger partial charge in [-0.3, -0.25) is 0 Å². The second-order valence-corrected chi connectivity index (χ2v) is 0. The van der Waals surface area contributed by atoms with E-state index in [2.05, 4.69) is 0 Å². The minimum absolute atomic E-state index is 0. The van der Waals surface area contributed by atoms with Gasteiger partial charge in [0.1, 0.15) is 0 Å². The molecule has 0 N–H and O–H groups in total. The van der Waals surface area contributed by atoms with E-state index in [1.165, 1.54) is 0 Å². The van der Waals surface area contributed by atoms with Crippen molar-refractivity contribution in [2.75, 3.05) is 0 Å². The van der Waals surface area contributed by atoms with E-state index in [9.17, 15) is 0 Å². The average Bonchev–Trinajstić information content (AvgIpc) is 0. The summed E-state index contributed by atoms with van der Waals surface area (Å²) in [5, 5.41) is 0. The Balaban J connectivity index is 0. The van der Waals surface area contributed by atoms with E-state index in [1.54, 1.807) is 0 Å². The molecule has 0 heterocycles. The smallest absolute Gasteiger partial charge is 0 e. The van der Waals surface area contributed by atoms with Gasteiger partial charge in [-0.15, -0.1) is 0 Å². The normalized spacial score (nSPS) is 0. The van der Waals surface area contributed by atoms with E-state index in [0.717, 1.165) is 0 Å². The molecule has 0 aromatic carbocycles. The van der Waals surface area contributed by atoms with Gasteiger partial charge < -0.3 is 0 Å². The maximum absolute atomic E-state index is 0. The first-order valence-electron chi connectivity index (χ1n) is 0. The van der Waals surface area contributed by atoms with Gasteiger partial charge in [0.15, 0.2) is 0 Å². The van der Waals surface area contributed by atoms with Gasteiger partial charge in [0.2, 0.25) is 0 Å². The van der Waals surface area contributed by atoms with Crippen LogP contribution in [0.4, 0.5) is 0 Å². The molecule has 0 aliphatic carbocycles. The van der Waals surface area contributed by atoms with Gasteiger partial charge in [0.25, 0.3) is 0 Å². The minimum atomic E-state index is 0. The molecule has 4 heavy (non-hydrogen) atoms.